The lowest BCUT2D eigenvalue weighted by molar-refractivity contribution is 0.813. The highest BCUT2D eigenvalue weighted by molar-refractivity contribution is 7.71. The number of aromatic nitrogens is 4. The van der Waals surface area contributed by atoms with Crippen LogP contribution < -0.4 is 0 Å². The van der Waals surface area contributed by atoms with E-state index in [0.717, 1.165) is 5.69 Å². The maximum absolute atomic E-state index is 5.11. The summed E-state index contributed by atoms with van der Waals surface area (Å²) in [4.78, 5) is 14.6. The second-order valence-electron chi connectivity index (χ2n) is 3.62. The Morgan fingerprint density at radius 2 is 2.13 bits per heavy atom. The number of hydrogen-bond acceptors (Lipinski definition) is 3. The van der Waals surface area contributed by atoms with E-state index < -0.39 is 0 Å². The summed E-state index contributed by atoms with van der Waals surface area (Å²) in [6.45, 7) is 4.21. The van der Waals surface area contributed by atoms with E-state index in [0.29, 0.717) is 22.2 Å². The molecule has 0 saturated carbocycles. The Morgan fingerprint density at radius 1 is 1.33 bits per heavy atom. The predicted octanol–water partition coefficient (Wildman–Crippen LogP) is 2.65. The van der Waals surface area contributed by atoms with Crippen LogP contribution in [0.3, 0.4) is 0 Å². The molecular weight excluding hydrogens is 208 g/mol. The Bertz CT molecular complexity index is 498. The molecule has 2 N–H and O–H groups in total. The molecule has 0 atom stereocenters. The average Bonchev–Trinajstić information content (AvgIpc) is 2.69. The van der Waals surface area contributed by atoms with Crippen molar-refractivity contribution in [2.75, 3.05) is 0 Å². The van der Waals surface area contributed by atoms with E-state index in [1.165, 1.54) is 0 Å². The molecule has 15 heavy (non-hydrogen) atoms. The van der Waals surface area contributed by atoms with Gasteiger partial charge >= 0.3 is 0 Å². The third-order valence-electron chi connectivity index (χ3n) is 2.11. The Labute approximate surface area is 92.8 Å². The van der Waals surface area contributed by atoms with E-state index in [9.17, 15) is 0 Å². The number of nitrogens with one attached hydrogen (secondary N) is 2. The van der Waals surface area contributed by atoms with Crippen molar-refractivity contribution in [1.82, 2.24) is 19.9 Å². The zero-order valence-electron chi connectivity index (χ0n) is 8.61. The lowest BCUT2D eigenvalue weighted by Crippen LogP contribution is -1.98. The number of aromatic amines is 2. The summed E-state index contributed by atoms with van der Waals surface area (Å²) < 4.78 is 0.587. The van der Waals surface area contributed by atoms with Gasteiger partial charge in [0.2, 0.25) is 0 Å². The largest absolute Gasteiger partial charge is 0.342 e. The Morgan fingerprint density at radius 3 is 2.73 bits per heavy atom. The highest BCUT2D eigenvalue weighted by Crippen LogP contribution is 2.15. The fraction of sp³-hybridized carbons (Fsp3) is 0.300. The molecule has 0 unspecified atom stereocenters. The molecule has 5 heteroatoms. The zero-order valence-corrected chi connectivity index (χ0v) is 9.43. The van der Waals surface area contributed by atoms with Gasteiger partial charge in [-0.2, -0.15) is 0 Å². The van der Waals surface area contributed by atoms with E-state index in [2.05, 4.69) is 33.8 Å². The summed E-state index contributed by atoms with van der Waals surface area (Å²) in [6, 6.07) is 1.88. The Kier molecular flexibility index (Phi) is 2.64. The van der Waals surface area contributed by atoms with Crippen LogP contribution in [0.2, 0.25) is 0 Å². The molecule has 0 aromatic carbocycles. The van der Waals surface area contributed by atoms with Gasteiger partial charge in [-0.15, -0.1) is 0 Å². The van der Waals surface area contributed by atoms with E-state index in [1.807, 2.05) is 6.07 Å². The third kappa shape index (κ3) is 2.12. The summed E-state index contributed by atoms with van der Waals surface area (Å²) in [5.74, 6) is 1.79. The van der Waals surface area contributed by atoms with Crippen LogP contribution in [0.5, 0.6) is 0 Å². The maximum Gasteiger partial charge on any atom is 0.175 e. The smallest absolute Gasteiger partial charge is 0.175 e. The van der Waals surface area contributed by atoms with Crippen molar-refractivity contribution in [3.63, 3.8) is 0 Å². The molecule has 2 rings (SSSR count). The summed E-state index contributed by atoms with van der Waals surface area (Å²) in [7, 11) is 0. The van der Waals surface area contributed by atoms with Crippen LogP contribution in [0, 0.1) is 4.64 Å². The van der Waals surface area contributed by atoms with Crippen molar-refractivity contribution in [3.8, 4) is 11.6 Å². The van der Waals surface area contributed by atoms with E-state index in [1.54, 1.807) is 12.4 Å². The van der Waals surface area contributed by atoms with Crippen LogP contribution in [0.15, 0.2) is 18.5 Å². The van der Waals surface area contributed by atoms with Gasteiger partial charge in [0, 0.05) is 18.1 Å². The monoisotopic (exact) mass is 220 g/mol. The number of hydrogen-bond donors (Lipinski definition) is 2. The minimum atomic E-state index is 0.392. The van der Waals surface area contributed by atoms with Crippen molar-refractivity contribution < 1.29 is 0 Å². The molecule has 78 valence electrons. The molecule has 0 spiro atoms. The van der Waals surface area contributed by atoms with Gasteiger partial charge in [0.05, 0.1) is 0 Å². The van der Waals surface area contributed by atoms with Gasteiger partial charge in [-0.05, 0) is 12.0 Å². The summed E-state index contributed by atoms with van der Waals surface area (Å²) in [6.07, 6.45) is 3.45. The van der Waals surface area contributed by atoms with E-state index in [4.69, 9.17) is 12.2 Å². The summed E-state index contributed by atoms with van der Waals surface area (Å²) in [5.41, 5.74) is 1.07. The molecule has 0 radical (unpaired) electrons. The molecule has 2 heterocycles. The topological polar surface area (TPSA) is 57.4 Å². The minimum Gasteiger partial charge on any atom is -0.342 e. The van der Waals surface area contributed by atoms with Gasteiger partial charge in [-0.1, -0.05) is 26.1 Å². The number of nitrogens with zero attached hydrogens (tertiary/aromatic N) is 2. The maximum atomic E-state index is 5.11. The van der Waals surface area contributed by atoms with Crippen LogP contribution in [0.1, 0.15) is 25.5 Å². The summed E-state index contributed by atoms with van der Waals surface area (Å²) in [5, 5.41) is 0. The first-order valence-corrected chi connectivity index (χ1v) is 5.18. The third-order valence-corrected chi connectivity index (χ3v) is 2.32. The Balaban J connectivity index is 2.54. The van der Waals surface area contributed by atoms with Crippen molar-refractivity contribution in [1.29, 1.82) is 0 Å². The van der Waals surface area contributed by atoms with Gasteiger partial charge < -0.3 is 9.97 Å². The van der Waals surface area contributed by atoms with Crippen LogP contribution in [-0.2, 0) is 0 Å². The van der Waals surface area contributed by atoms with Crippen LogP contribution in [0.4, 0.5) is 0 Å². The highest BCUT2D eigenvalue weighted by atomic mass is 32.1. The highest BCUT2D eigenvalue weighted by Gasteiger charge is 2.06. The van der Waals surface area contributed by atoms with Crippen molar-refractivity contribution in [3.05, 3.63) is 28.8 Å². The number of rotatable bonds is 2. The second-order valence-corrected chi connectivity index (χ2v) is 4.03. The van der Waals surface area contributed by atoms with Gasteiger partial charge in [-0.3, -0.25) is 0 Å². The van der Waals surface area contributed by atoms with Gasteiger partial charge in [0.15, 0.2) is 11.6 Å². The lowest BCUT2D eigenvalue weighted by atomic mass is 10.1. The first-order chi connectivity index (χ1) is 7.16. The molecule has 0 aliphatic heterocycles. The molecule has 0 aliphatic carbocycles. The molecule has 0 aliphatic rings. The predicted molar refractivity (Wildman–Crippen MR) is 61.1 cm³/mol. The number of imidazole rings is 1. The zero-order chi connectivity index (χ0) is 10.8. The molecular formula is C10H12N4S. The molecule has 0 saturated heterocycles. The Hall–Kier alpha value is -1.49. The van der Waals surface area contributed by atoms with Crippen LogP contribution in [0.25, 0.3) is 11.6 Å². The SMILES string of the molecule is CC(C)c1cc(=S)nc(-c2ncc[nH]2)[nH]1. The van der Waals surface area contributed by atoms with Crippen LogP contribution in [-0.4, -0.2) is 19.9 Å². The van der Waals surface area contributed by atoms with Gasteiger partial charge in [0.25, 0.3) is 0 Å². The van der Waals surface area contributed by atoms with Gasteiger partial charge in [-0.25, -0.2) is 9.97 Å². The minimum absolute atomic E-state index is 0.392. The lowest BCUT2D eigenvalue weighted by Gasteiger charge is -2.06. The van der Waals surface area contributed by atoms with Gasteiger partial charge in [0.1, 0.15) is 4.64 Å². The first kappa shape index (κ1) is 10.0. The second kappa shape index (κ2) is 3.94. The summed E-state index contributed by atoms with van der Waals surface area (Å²) >= 11 is 5.11. The van der Waals surface area contributed by atoms with Crippen molar-refractivity contribution in [2.45, 2.75) is 19.8 Å². The molecule has 2 aromatic rings. The van der Waals surface area contributed by atoms with E-state index in [-0.39, 0.29) is 0 Å². The van der Waals surface area contributed by atoms with Crippen LogP contribution >= 0.6 is 12.2 Å². The fourth-order valence-electron chi connectivity index (χ4n) is 1.29. The normalized spacial score (nSPS) is 10.9. The van der Waals surface area contributed by atoms with Crippen molar-refractivity contribution >= 4 is 12.2 Å². The quantitative estimate of drug-likeness (QED) is 0.765. The molecule has 0 amide bonds. The molecule has 4 nitrogen and oxygen atoms in total. The molecule has 0 fully saturated rings. The van der Waals surface area contributed by atoms with Crippen molar-refractivity contribution in [2.24, 2.45) is 0 Å². The molecule has 2 aromatic heterocycles. The standard InChI is InChI=1S/C10H12N4S/c1-6(2)7-5-8(15)14-10(13-7)9-11-3-4-12-9/h3-6H,1-2H3,(H,11,12)(H,13,14,15). The average molecular weight is 220 g/mol. The number of H-pyrrole nitrogens is 2. The van der Waals surface area contributed by atoms with E-state index >= 15 is 0 Å². The fourth-order valence-corrected chi connectivity index (χ4v) is 1.51. The molecule has 0 bridgehead atoms. The first-order valence-electron chi connectivity index (χ1n) is 4.78.